The Labute approximate surface area is 195 Å². The zero-order chi connectivity index (χ0) is 23.2. The van der Waals surface area contributed by atoms with Crippen LogP contribution in [0.25, 0.3) is 22.2 Å². The van der Waals surface area contributed by atoms with Crippen LogP contribution in [0.1, 0.15) is 35.7 Å². The van der Waals surface area contributed by atoms with Crippen LogP contribution in [0.4, 0.5) is 0 Å². The fraction of sp³-hybridized carbons (Fsp3) is 0.280. The van der Waals surface area contributed by atoms with Gasteiger partial charge >= 0.3 is 0 Å². The van der Waals surface area contributed by atoms with E-state index in [0.717, 1.165) is 17.5 Å². The van der Waals surface area contributed by atoms with Gasteiger partial charge in [0.2, 0.25) is 5.91 Å². The average Bonchev–Trinajstić information content (AvgIpc) is 3.32. The summed E-state index contributed by atoms with van der Waals surface area (Å²) in [6, 6.07) is 16.5. The number of para-hydroxylation sites is 1. The van der Waals surface area contributed by atoms with Gasteiger partial charge in [0.1, 0.15) is 6.04 Å². The largest absolute Gasteiger partial charge is 0.315 e. The van der Waals surface area contributed by atoms with Gasteiger partial charge in [-0.15, -0.1) is 11.8 Å². The highest BCUT2D eigenvalue weighted by Gasteiger charge is 2.52. The SMILES string of the molecule is Cc1ccc(-c2cc(C(=O)NNC(=O)C3CSC4(C)CCC(=O)N34)c3ccccc3n2)cc1. The molecule has 2 N–H and O–H groups in total. The minimum absolute atomic E-state index is 0.0168. The first-order chi connectivity index (χ1) is 15.9. The van der Waals surface area contributed by atoms with Crippen LogP contribution in [0.2, 0.25) is 0 Å². The molecule has 3 aromatic rings. The van der Waals surface area contributed by atoms with Crippen molar-refractivity contribution in [3.05, 3.63) is 65.7 Å². The Morgan fingerprint density at radius 3 is 2.67 bits per heavy atom. The van der Waals surface area contributed by atoms with Crippen LogP contribution in [0.15, 0.2) is 54.6 Å². The Morgan fingerprint density at radius 2 is 1.88 bits per heavy atom. The van der Waals surface area contributed by atoms with Gasteiger partial charge in [0.05, 0.1) is 21.6 Å². The van der Waals surface area contributed by atoms with Crippen LogP contribution in [0.5, 0.6) is 0 Å². The lowest BCUT2D eigenvalue weighted by molar-refractivity contribution is -0.138. The van der Waals surface area contributed by atoms with E-state index in [1.807, 2.05) is 62.4 Å². The summed E-state index contributed by atoms with van der Waals surface area (Å²) >= 11 is 1.61. The third-order valence-corrected chi connectivity index (χ3v) is 7.86. The first kappa shape index (κ1) is 21.5. The van der Waals surface area contributed by atoms with E-state index in [0.29, 0.717) is 34.3 Å². The van der Waals surface area contributed by atoms with Gasteiger partial charge < -0.3 is 4.90 Å². The van der Waals surface area contributed by atoms with Crippen LogP contribution in [0.3, 0.4) is 0 Å². The number of benzene rings is 2. The fourth-order valence-electron chi connectivity index (χ4n) is 4.52. The van der Waals surface area contributed by atoms with Gasteiger partial charge in [-0.25, -0.2) is 4.98 Å². The molecule has 8 heteroatoms. The van der Waals surface area contributed by atoms with E-state index < -0.39 is 11.9 Å². The van der Waals surface area contributed by atoms with E-state index in [2.05, 4.69) is 10.9 Å². The predicted octanol–water partition coefficient (Wildman–Crippen LogP) is 3.43. The zero-order valence-corrected chi connectivity index (χ0v) is 19.2. The molecule has 2 aromatic carbocycles. The molecular weight excluding hydrogens is 436 g/mol. The summed E-state index contributed by atoms with van der Waals surface area (Å²) in [6.45, 7) is 4.00. The molecule has 0 radical (unpaired) electrons. The Kier molecular flexibility index (Phi) is 5.32. The van der Waals surface area contributed by atoms with Crippen molar-refractivity contribution in [1.29, 1.82) is 0 Å². The number of aromatic nitrogens is 1. The third-order valence-electron chi connectivity index (χ3n) is 6.35. The number of fused-ring (bicyclic) bond motifs is 2. The quantitative estimate of drug-likeness (QED) is 0.585. The molecule has 2 unspecified atom stereocenters. The summed E-state index contributed by atoms with van der Waals surface area (Å²) in [5.41, 5.74) is 8.91. The Hall–Kier alpha value is -3.39. The zero-order valence-electron chi connectivity index (χ0n) is 18.4. The Morgan fingerprint density at radius 1 is 1.12 bits per heavy atom. The molecular formula is C25H24N4O3S. The number of hydrogen-bond acceptors (Lipinski definition) is 5. The van der Waals surface area contributed by atoms with Crippen molar-refractivity contribution in [2.45, 2.75) is 37.6 Å². The van der Waals surface area contributed by atoms with E-state index >= 15 is 0 Å². The summed E-state index contributed by atoms with van der Waals surface area (Å²) in [5, 5.41) is 0.693. The molecule has 0 spiro atoms. The molecule has 2 fully saturated rings. The highest BCUT2D eigenvalue weighted by atomic mass is 32.2. The van der Waals surface area contributed by atoms with E-state index in [-0.39, 0.29) is 16.7 Å². The molecule has 3 amide bonds. The molecule has 2 saturated heterocycles. The van der Waals surface area contributed by atoms with Crippen LogP contribution in [-0.4, -0.2) is 44.3 Å². The standard InChI is InChI=1S/C25H24N4O3S/c1-15-7-9-16(10-8-15)20-13-18(17-5-3-4-6-19(17)26-20)23(31)27-28-24(32)21-14-33-25(2)12-11-22(30)29(21)25/h3-10,13,21H,11-12,14H2,1-2H3,(H,27,31)(H,28,32). The number of hydrogen-bond donors (Lipinski definition) is 2. The van der Waals surface area contributed by atoms with Crippen molar-refractivity contribution < 1.29 is 14.4 Å². The minimum atomic E-state index is -0.590. The summed E-state index contributed by atoms with van der Waals surface area (Å²) < 4.78 is 0. The van der Waals surface area contributed by atoms with Gasteiger partial charge in [-0.3, -0.25) is 25.2 Å². The van der Waals surface area contributed by atoms with Gasteiger partial charge in [0.25, 0.3) is 11.8 Å². The second-order valence-electron chi connectivity index (χ2n) is 8.65. The van der Waals surface area contributed by atoms with Crippen molar-refractivity contribution in [3.8, 4) is 11.3 Å². The van der Waals surface area contributed by atoms with E-state index in [1.165, 1.54) is 0 Å². The number of carbonyl (C=O) groups excluding carboxylic acids is 3. The van der Waals surface area contributed by atoms with Gasteiger partial charge in [0, 0.05) is 23.1 Å². The molecule has 2 aliphatic heterocycles. The van der Waals surface area contributed by atoms with Gasteiger partial charge in [-0.2, -0.15) is 0 Å². The smallest absolute Gasteiger partial charge is 0.270 e. The van der Waals surface area contributed by atoms with E-state index in [9.17, 15) is 14.4 Å². The lowest BCUT2D eigenvalue weighted by atomic mass is 10.0. The highest BCUT2D eigenvalue weighted by molar-refractivity contribution is 8.01. The van der Waals surface area contributed by atoms with Crippen molar-refractivity contribution in [3.63, 3.8) is 0 Å². The molecule has 1 aromatic heterocycles. The molecule has 0 aliphatic carbocycles. The Balaban J connectivity index is 1.39. The predicted molar refractivity (Wildman–Crippen MR) is 128 cm³/mol. The topological polar surface area (TPSA) is 91.4 Å². The van der Waals surface area contributed by atoms with Gasteiger partial charge in [-0.1, -0.05) is 48.0 Å². The van der Waals surface area contributed by atoms with Gasteiger partial charge in [-0.05, 0) is 32.4 Å². The number of thioether (sulfide) groups is 1. The molecule has 5 rings (SSSR count). The number of aryl methyl sites for hydroxylation is 1. The van der Waals surface area contributed by atoms with Crippen molar-refractivity contribution >= 4 is 40.4 Å². The van der Waals surface area contributed by atoms with Gasteiger partial charge in [0.15, 0.2) is 0 Å². The molecule has 168 valence electrons. The molecule has 2 atom stereocenters. The third kappa shape index (κ3) is 3.84. The number of pyridine rings is 1. The number of hydrazine groups is 1. The summed E-state index contributed by atoms with van der Waals surface area (Å²) in [7, 11) is 0. The van der Waals surface area contributed by atoms with Crippen LogP contribution < -0.4 is 10.9 Å². The van der Waals surface area contributed by atoms with Crippen LogP contribution in [-0.2, 0) is 9.59 Å². The molecule has 33 heavy (non-hydrogen) atoms. The van der Waals surface area contributed by atoms with Crippen molar-refractivity contribution in [2.24, 2.45) is 0 Å². The molecule has 0 saturated carbocycles. The lowest BCUT2D eigenvalue weighted by Crippen LogP contribution is -2.54. The number of nitrogens with one attached hydrogen (secondary N) is 2. The molecule has 2 aliphatic rings. The van der Waals surface area contributed by atoms with E-state index in [4.69, 9.17) is 4.98 Å². The molecule has 7 nitrogen and oxygen atoms in total. The average molecular weight is 461 g/mol. The summed E-state index contributed by atoms with van der Waals surface area (Å²) in [6.07, 6.45) is 1.18. The maximum Gasteiger partial charge on any atom is 0.270 e. The maximum atomic E-state index is 13.1. The lowest BCUT2D eigenvalue weighted by Gasteiger charge is -2.29. The highest BCUT2D eigenvalue weighted by Crippen LogP contribution is 2.47. The van der Waals surface area contributed by atoms with Crippen molar-refractivity contribution in [2.75, 3.05) is 5.75 Å². The second-order valence-corrected chi connectivity index (χ2v) is 10.1. The maximum absolute atomic E-state index is 13.1. The second kappa shape index (κ2) is 8.19. The fourth-order valence-corrected chi connectivity index (χ4v) is 5.95. The number of amides is 3. The molecule has 0 bridgehead atoms. The van der Waals surface area contributed by atoms with Crippen LogP contribution >= 0.6 is 11.8 Å². The number of carbonyl (C=O) groups is 3. The first-order valence-electron chi connectivity index (χ1n) is 10.9. The monoisotopic (exact) mass is 460 g/mol. The number of rotatable bonds is 3. The summed E-state index contributed by atoms with van der Waals surface area (Å²) in [4.78, 5) is 44.3. The summed E-state index contributed by atoms with van der Waals surface area (Å²) in [5.74, 6) is -0.319. The number of nitrogens with zero attached hydrogens (tertiary/aromatic N) is 2. The van der Waals surface area contributed by atoms with Crippen LogP contribution in [0, 0.1) is 6.92 Å². The molecule has 3 heterocycles. The van der Waals surface area contributed by atoms with Crippen molar-refractivity contribution in [1.82, 2.24) is 20.7 Å². The Bertz CT molecular complexity index is 1280. The van der Waals surface area contributed by atoms with E-state index in [1.54, 1.807) is 22.7 Å². The minimum Gasteiger partial charge on any atom is -0.315 e. The normalized spacial score (nSPS) is 21.8. The first-order valence-corrected chi connectivity index (χ1v) is 11.9.